The van der Waals surface area contributed by atoms with Crippen LogP contribution in [0.3, 0.4) is 0 Å². The number of aliphatic carboxylic acids is 1. The molecule has 1 aromatic heterocycles. The lowest BCUT2D eigenvalue weighted by Crippen LogP contribution is -2.42. The lowest BCUT2D eigenvalue weighted by Gasteiger charge is -2.39. The maximum atomic E-state index is 11.0. The topological polar surface area (TPSA) is 79.9 Å². The van der Waals surface area contributed by atoms with E-state index in [-0.39, 0.29) is 16.9 Å². The Morgan fingerprint density at radius 1 is 0.971 bits per heavy atom. The van der Waals surface area contributed by atoms with Crippen molar-refractivity contribution in [3.8, 4) is 0 Å². The Kier molecular flexibility index (Phi) is 6.62. The van der Waals surface area contributed by atoms with Crippen LogP contribution in [-0.2, 0) is 15.6 Å². The molecule has 0 fully saturated rings. The fourth-order valence-electron chi connectivity index (χ4n) is 3.94. The zero-order valence-corrected chi connectivity index (χ0v) is 21.8. The van der Waals surface area contributed by atoms with E-state index in [1.54, 1.807) is 18.2 Å². The molecule has 3 aromatic carbocycles. The average molecular weight is 489 g/mol. The maximum Gasteiger partial charge on any atom is 0.332 e. The molecular formula is C29H32O5Si. The van der Waals surface area contributed by atoms with Crippen molar-refractivity contribution in [2.24, 2.45) is 0 Å². The Morgan fingerprint density at radius 3 is 2.23 bits per heavy atom. The van der Waals surface area contributed by atoms with E-state index in [4.69, 9.17) is 13.9 Å². The van der Waals surface area contributed by atoms with Gasteiger partial charge in [-0.05, 0) is 59.6 Å². The number of aliphatic hydroxyl groups is 1. The van der Waals surface area contributed by atoms with Gasteiger partial charge in [0.1, 0.15) is 16.9 Å². The second kappa shape index (κ2) is 9.36. The number of carboxylic acids is 1. The summed E-state index contributed by atoms with van der Waals surface area (Å²) in [7, 11) is -2.07. The van der Waals surface area contributed by atoms with E-state index in [9.17, 15) is 9.90 Å². The largest absolute Gasteiger partial charge is 0.507 e. The van der Waals surface area contributed by atoms with Crippen molar-refractivity contribution in [3.63, 3.8) is 0 Å². The Morgan fingerprint density at radius 2 is 1.60 bits per heavy atom. The number of furan rings is 1. The number of hydrogen-bond donors (Lipinski definition) is 2. The van der Waals surface area contributed by atoms with Crippen LogP contribution in [0.1, 0.15) is 43.6 Å². The molecule has 4 aromatic rings. The first-order chi connectivity index (χ1) is 16.4. The molecular weight excluding hydrogens is 456 g/mol. The Bertz CT molecular complexity index is 1390. The standard InChI is InChI=1S/C29H32O5Si/c1-29(2,3)35(4,5)34-27(15-19-9-7-6-8-10-19)21-12-14-26-23(17-21)22-16-20(11-13-25(22)33-26)24(30)18-28(31)32/h6-14,16-18,27,30H,15H2,1-5H3,(H,31,32)/b24-18-. The van der Waals surface area contributed by atoms with Crippen LogP contribution < -0.4 is 0 Å². The van der Waals surface area contributed by atoms with E-state index in [1.165, 1.54) is 5.56 Å². The number of rotatable bonds is 7. The van der Waals surface area contributed by atoms with Crippen LogP contribution in [0.25, 0.3) is 27.7 Å². The van der Waals surface area contributed by atoms with Gasteiger partial charge in [0.2, 0.25) is 0 Å². The highest BCUT2D eigenvalue weighted by molar-refractivity contribution is 6.74. The molecule has 1 unspecified atom stereocenters. The molecule has 1 heterocycles. The molecule has 0 bridgehead atoms. The second-order valence-electron chi connectivity index (χ2n) is 10.5. The Balaban J connectivity index is 1.81. The predicted molar refractivity (Wildman–Crippen MR) is 143 cm³/mol. The molecule has 4 rings (SSSR count). The van der Waals surface area contributed by atoms with Gasteiger partial charge in [-0.2, -0.15) is 0 Å². The van der Waals surface area contributed by atoms with E-state index in [0.717, 1.165) is 34.4 Å². The minimum Gasteiger partial charge on any atom is -0.507 e. The van der Waals surface area contributed by atoms with Crippen molar-refractivity contribution >= 4 is 42.0 Å². The van der Waals surface area contributed by atoms with Gasteiger partial charge in [-0.1, -0.05) is 57.2 Å². The molecule has 182 valence electrons. The van der Waals surface area contributed by atoms with Crippen LogP contribution >= 0.6 is 0 Å². The van der Waals surface area contributed by atoms with E-state index < -0.39 is 14.3 Å². The molecule has 5 nitrogen and oxygen atoms in total. The molecule has 0 radical (unpaired) electrons. The van der Waals surface area contributed by atoms with Crippen LogP contribution in [0.2, 0.25) is 18.1 Å². The van der Waals surface area contributed by atoms with Gasteiger partial charge in [0.15, 0.2) is 8.32 Å². The fraction of sp³-hybridized carbons (Fsp3) is 0.276. The molecule has 0 aliphatic rings. The molecule has 0 saturated heterocycles. The minimum atomic E-state index is -2.07. The third kappa shape index (κ3) is 5.34. The zero-order chi connectivity index (χ0) is 25.4. The number of hydrogen-bond acceptors (Lipinski definition) is 4. The van der Waals surface area contributed by atoms with Crippen LogP contribution in [0, 0.1) is 0 Å². The van der Waals surface area contributed by atoms with Crippen molar-refractivity contribution < 1.29 is 23.9 Å². The molecule has 35 heavy (non-hydrogen) atoms. The quantitative estimate of drug-likeness (QED) is 0.157. The third-order valence-electron chi connectivity index (χ3n) is 6.93. The predicted octanol–water partition coefficient (Wildman–Crippen LogP) is 7.88. The molecule has 0 spiro atoms. The van der Waals surface area contributed by atoms with Crippen LogP contribution in [0.5, 0.6) is 0 Å². The van der Waals surface area contributed by atoms with Crippen LogP contribution in [-0.4, -0.2) is 24.5 Å². The molecule has 0 saturated carbocycles. The normalized spacial score (nSPS) is 13.9. The van der Waals surface area contributed by atoms with Crippen LogP contribution in [0.4, 0.5) is 0 Å². The first kappa shape index (κ1) is 24.8. The highest BCUT2D eigenvalue weighted by Crippen LogP contribution is 2.41. The van der Waals surface area contributed by atoms with Gasteiger partial charge in [0, 0.05) is 22.8 Å². The summed E-state index contributed by atoms with van der Waals surface area (Å²) in [5, 5.41) is 21.0. The summed E-state index contributed by atoms with van der Waals surface area (Å²) in [6, 6.07) is 21.7. The number of carbonyl (C=O) groups is 1. The summed E-state index contributed by atoms with van der Waals surface area (Å²) in [4.78, 5) is 11.0. The molecule has 2 N–H and O–H groups in total. The maximum absolute atomic E-state index is 11.0. The van der Waals surface area contributed by atoms with E-state index in [0.29, 0.717) is 11.1 Å². The van der Waals surface area contributed by atoms with E-state index in [2.05, 4.69) is 58.1 Å². The first-order valence-corrected chi connectivity index (χ1v) is 14.7. The summed E-state index contributed by atoms with van der Waals surface area (Å²) < 4.78 is 13.0. The second-order valence-corrected chi connectivity index (χ2v) is 15.2. The Labute approximate surface area is 206 Å². The van der Waals surface area contributed by atoms with Crippen LogP contribution in [0.15, 0.2) is 77.2 Å². The molecule has 6 heteroatoms. The summed E-state index contributed by atoms with van der Waals surface area (Å²) in [6.45, 7) is 11.2. The highest BCUT2D eigenvalue weighted by Gasteiger charge is 2.39. The van der Waals surface area contributed by atoms with Gasteiger partial charge in [-0.25, -0.2) is 4.79 Å². The number of fused-ring (bicyclic) bond motifs is 3. The van der Waals surface area contributed by atoms with Crippen molar-refractivity contribution in [2.45, 2.75) is 51.4 Å². The molecule has 1 atom stereocenters. The summed E-state index contributed by atoms with van der Waals surface area (Å²) >= 11 is 0. The first-order valence-electron chi connectivity index (χ1n) is 11.8. The van der Waals surface area contributed by atoms with Crippen molar-refractivity contribution in [1.29, 1.82) is 0 Å². The lowest BCUT2D eigenvalue weighted by atomic mass is 9.99. The number of carboxylic acid groups (broad SMARTS) is 1. The Hall–Kier alpha value is -3.35. The number of benzene rings is 3. The van der Waals surface area contributed by atoms with E-state index >= 15 is 0 Å². The van der Waals surface area contributed by atoms with Gasteiger partial charge in [-0.3, -0.25) is 0 Å². The smallest absolute Gasteiger partial charge is 0.332 e. The monoisotopic (exact) mass is 488 g/mol. The highest BCUT2D eigenvalue weighted by atomic mass is 28.4. The van der Waals surface area contributed by atoms with Gasteiger partial charge in [0.05, 0.1) is 12.2 Å². The summed E-state index contributed by atoms with van der Waals surface area (Å²) in [5.41, 5.74) is 4.10. The molecule has 0 aliphatic carbocycles. The van der Waals surface area contributed by atoms with Gasteiger partial charge < -0.3 is 19.1 Å². The van der Waals surface area contributed by atoms with Crippen molar-refractivity contribution in [1.82, 2.24) is 0 Å². The number of aliphatic hydroxyl groups excluding tert-OH is 1. The molecule has 0 amide bonds. The fourth-order valence-corrected chi connectivity index (χ4v) is 5.23. The van der Waals surface area contributed by atoms with Crippen molar-refractivity contribution in [3.05, 3.63) is 89.5 Å². The third-order valence-corrected chi connectivity index (χ3v) is 11.4. The van der Waals surface area contributed by atoms with Gasteiger partial charge >= 0.3 is 5.97 Å². The van der Waals surface area contributed by atoms with Gasteiger partial charge in [-0.15, -0.1) is 0 Å². The molecule has 0 aliphatic heterocycles. The summed E-state index contributed by atoms with van der Waals surface area (Å²) in [5.74, 6) is -1.50. The minimum absolute atomic E-state index is 0.0667. The van der Waals surface area contributed by atoms with Gasteiger partial charge in [0.25, 0.3) is 0 Å². The SMILES string of the molecule is CC(C)(C)[Si](C)(C)OC(Cc1ccccc1)c1ccc2oc3ccc(/C(O)=C/C(=O)O)cc3c2c1. The van der Waals surface area contributed by atoms with E-state index in [1.807, 2.05) is 24.3 Å². The summed E-state index contributed by atoms with van der Waals surface area (Å²) in [6.07, 6.45) is 1.41. The lowest BCUT2D eigenvalue weighted by molar-refractivity contribution is -0.131. The zero-order valence-electron chi connectivity index (χ0n) is 20.8. The average Bonchev–Trinajstić information content (AvgIpc) is 3.15. The van der Waals surface area contributed by atoms with Crippen molar-refractivity contribution in [2.75, 3.05) is 0 Å².